The van der Waals surface area contributed by atoms with Crippen LogP contribution in [0.15, 0.2) is 11.6 Å². The second-order valence-electron chi connectivity index (χ2n) is 3.10. The summed E-state index contributed by atoms with van der Waals surface area (Å²) in [5.41, 5.74) is 0.287. The predicted octanol–water partition coefficient (Wildman–Crippen LogP) is 0.165. The maximum Gasteiger partial charge on any atom is 0.326 e. The number of nitrogens with zero attached hydrogens (tertiary/aromatic N) is 1. The SMILES string of the molecule is CCC(C(=O)O)N1C(=O)C=C(C)C1=O. The minimum Gasteiger partial charge on any atom is -0.480 e. The summed E-state index contributed by atoms with van der Waals surface area (Å²) in [6.45, 7) is 3.11. The Labute approximate surface area is 81.0 Å². The number of carboxylic acid groups (broad SMARTS) is 1. The fraction of sp³-hybridized carbons (Fsp3) is 0.444. The van der Waals surface area contributed by atoms with E-state index in [4.69, 9.17) is 5.11 Å². The van der Waals surface area contributed by atoms with Gasteiger partial charge in [0.2, 0.25) is 0 Å². The first kappa shape index (κ1) is 10.4. The summed E-state index contributed by atoms with van der Waals surface area (Å²) in [4.78, 5) is 34.2. The topological polar surface area (TPSA) is 74.7 Å². The summed E-state index contributed by atoms with van der Waals surface area (Å²) >= 11 is 0. The summed E-state index contributed by atoms with van der Waals surface area (Å²) in [6.07, 6.45) is 1.38. The van der Waals surface area contributed by atoms with Crippen LogP contribution in [0.1, 0.15) is 20.3 Å². The molecule has 1 aliphatic rings. The second kappa shape index (κ2) is 3.61. The highest BCUT2D eigenvalue weighted by atomic mass is 16.4. The van der Waals surface area contributed by atoms with Crippen LogP contribution in [0, 0.1) is 0 Å². The predicted molar refractivity (Wildman–Crippen MR) is 47.3 cm³/mol. The van der Waals surface area contributed by atoms with E-state index in [1.807, 2.05) is 0 Å². The highest BCUT2D eigenvalue weighted by molar-refractivity contribution is 6.17. The van der Waals surface area contributed by atoms with Crippen molar-refractivity contribution in [1.82, 2.24) is 4.90 Å². The Balaban J connectivity index is 2.95. The Kier molecular flexibility index (Phi) is 2.69. The first-order valence-electron chi connectivity index (χ1n) is 4.27. The van der Waals surface area contributed by atoms with Crippen LogP contribution in [0.3, 0.4) is 0 Å². The Hall–Kier alpha value is -1.65. The molecule has 0 aromatic carbocycles. The molecule has 1 heterocycles. The van der Waals surface area contributed by atoms with Gasteiger partial charge >= 0.3 is 5.97 Å². The van der Waals surface area contributed by atoms with Crippen LogP contribution in [-0.2, 0) is 14.4 Å². The molecule has 0 saturated heterocycles. The molecule has 1 atom stereocenters. The van der Waals surface area contributed by atoms with Crippen molar-refractivity contribution in [2.75, 3.05) is 0 Å². The van der Waals surface area contributed by atoms with E-state index >= 15 is 0 Å². The molecule has 0 spiro atoms. The number of hydrogen-bond acceptors (Lipinski definition) is 3. The molecular weight excluding hydrogens is 186 g/mol. The Morgan fingerprint density at radius 2 is 2.14 bits per heavy atom. The van der Waals surface area contributed by atoms with E-state index in [2.05, 4.69) is 0 Å². The monoisotopic (exact) mass is 197 g/mol. The Morgan fingerprint density at radius 1 is 1.57 bits per heavy atom. The number of aliphatic carboxylic acids is 1. The van der Waals surface area contributed by atoms with Crippen LogP contribution in [0.25, 0.3) is 0 Å². The van der Waals surface area contributed by atoms with E-state index in [-0.39, 0.29) is 12.0 Å². The number of carbonyl (C=O) groups excluding carboxylic acids is 2. The molecule has 2 amide bonds. The summed E-state index contributed by atoms with van der Waals surface area (Å²) in [5, 5.41) is 8.79. The maximum absolute atomic E-state index is 11.4. The molecule has 14 heavy (non-hydrogen) atoms. The summed E-state index contributed by atoms with van der Waals surface area (Å²) in [6, 6.07) is -1.05. The molecule has 0 aliphatic carbocycles. The largest absolute Gasteiger partial charge is 0.480 e. The summed E-state index contributed by atoms with van der Waals surface area (Å²) in [7, 11) is 0. The number of amides is 2. The van der Waals surface area contributed by atoms with Crippen molar-refractivity contribution in [2.24, 2.45) is 0 Å². The molecule has 1 unspecified atom stereocenters. The minimum absolute atomic E-state index is 0.216. The second-order valence-corrected chi connectivity index (χ2v) is 3.10. The number of carboxylic acids is 1. The smallest absolute Gasteiger partial charge is 0.326 e. The molecule has 0 radical (unpaired) electrons. The average Bonchev–Trinajstić information content (AvgIpc) is 2.32. The molecule has 5 heteroatoms. The lowest BCUT2D eigenvalue weighted by Gasteiger charge is -2.21. The fourth-order valence-electron chi connectivity index (χ4n) is 1.37. The van der Waals surface area contributed by atoms with Crippen molar-refractivity contribution >= 4 is 17.8 Å². The van der Waals surface area contributed by atoms with Crippen molar-refractivity contribution in [3.63, 3.8) is 0 Å². The van der Waals surface area contributed by atoms with Gasteiger partial charge in [-0.25, -0.2) is 4.79 Å². The number of carbonyl (C=O) groups is 3. The van der Waals surface area contributed by atoms with E-state index in [0.29, 0.717) is 0 Å². The van der Waals surface area contributed by atoms with Crippen LogP contribution >= 0.6 is 0 Å². The van der Waals surface area contributed by atoms with Crippen molar-refractivity contribution in [3.05, 3.63) is 11.6 Å². The Morgan fingerprint density at radius 3 is 2.43 bits per heavy atom. The van der Waals surface area contributed by atoms with E-state index < -0.39 is 23.8 Å². The third-order valence-corrected chi connectivity index (χ3v) is 2.12. The van der Waals surface area contributed by atoms with Gasteiger partial charge in [0.25, 0.3) is 11.8 Å². The lowest BCUT2D eigenvalue weighted by molar-refractivity contribution is -0.153. The van der Waals surface area contributed by atoms with Crippen molar-refractivity contribution in [2.45, 2.75) is 26.3 Å². The summed E-state index contributed by atoms with van der Waals surface area (Å²) < 4.78 is 0. The zero-order chi connectivity index (χ0) is 10.9. The van der Waals surface area contributed by atoms with Gasteiger partial charge in [-0.2, -0.15) is 0 Å². The standard InChI is InChI=1S/C9H11NO4/c1-3-6(9(13)14)10-7(11)4-5(2)8(10)12/h4,6H,3H2,1-2H3,(H,13,14). The third kappa shape index (κ3) is 1.53. The highest BCUT2D eigenvalue weighted by Crippen LogP contribution is 2.17. The van der Waals surface area contributed by atoms with Gasteiger partial charge in [-0.1, -0.05) is 6.92 Å². The first-order chi connectivity index (χ1) is 6.49. The molecule has 0 aromatic heterocycles. The number of rotatable bonds is 3. The van der Waals surface area contributed by atoms with Crippen LogP contribution < -0.4 is 0 Å². The molecule has 1 aliphatic heterocycles. The normalized spacial score (nSPS) is 18.4. The van der Waals surface area contributed by atoms with Crippen LogP contribution in [0.4, 0.5) is 0 Å². The molecule has 0 fully saturated rings. The zero-order valence-electron chi connectivity index (χ0n) is 7.98. The van der Waals surface area contributed by atoms with Gasteiger partial charge in [0, 0.05) is 11.6 Å². The van der Waals surface area contributed by atoms with Gasteiger partial charge in [0.1, 0.15) is 6.04 Å². The third-order valence-electron chi connectivity index (χ3n) is 2.12. The van der Waals surface area contributed by atoms with Gasteiger partial charge < -0.3 is 5.11 Å². The first-order valence-corrected chi connectivity index (χ1v) is 4.27. The van der Waals surface area contributed by atoms with Crippen LogP contribution in [0.2, 0.25) is 0 Å². The van der Waals surface area contributed by atoms with Crippen LogP contribution in [-0.4, -0.2) is 33.8 Å². The lowest BCUT2D eigenvalue weighted by atomic mass is 10.2. The number of imide groups is 1. The van der Waals surface area contributed by atoms with E-state index in [0.717, 1.165) is 11.0 Å². The fourth-order valence-corrected chi connectivity index (χ4v) is 1.37. The van der Waals surface area contributed by atoms with Gasteiger partial charge in [-0.3, -0.25) is 14.5 Å². The molecule has 1 N–H and O–H groups in total. The van der Waals surface area contributed by atoms with Crippen molar-refractivity contribution in [3.8, 4) is 0 Å². The highest BCUT2D eigenvalue weighted by Gasteiger charge is 2.37. The number of hydrogen-bond donors (Lipinski definition) is 1. The Bertz CT molecular complexity index is 332. The van der Waals surface area contributed by atoms with Crippen molar-refractivity contribution < 1.29 is 19.5 Å². The zero-order valence-corrected chi connectivity index (χ0v) is 7.98. The van der Waals surface area contributed by atoms with Crippen LogP contribution in [0.5, 0.6) is 0 Å². The van der Waals surface area contributed by atoms with Gasteiger partial charge in [0.15, 0.2) is 0 Å². The van der Waals surface area contributed by atoms with E-state index in [9.17, 15) is 14.4 Å². The lowest BCUT2D eigenvalue weighted by Crippen LogP contribution is -2.44. The minimum atomic E-state index is -1.16. The molecule has 1 rings (SSSR count). The van der Waals surface area contributed by atoms with Gasteiger partial charge in [0.05, 0.1) is 0 Å². The molecule has 0 bridgehead atoms. The average molecular weight is 197 g/mol. The molecule has 5 nitrogen and oxygen atoms in total. The summed E-state index contributed by atoms with van der Waals surface area (Å²) in [5.74, 6) is -2.21. The van der Waals surface area contributed by atoms with E-state index in [1.54, 1.807) is 6.92 Å². The van der Waals surface area contributed by atoms with Gasteiger partial charge in [-0.15, -0.1) is 0 Å². The molecule has 0 aromatic rings. The van der Waals surface area contributed by atoms with Crippen molar-refractivity contribution in [1.29, 1.82) is 0 Å². The molecular formula is C9H11NO4. The molecule has 76 valence electrons. The van der Waals surface area contributed by atoms with Gasteiger partial charge in [-0.05, 0) is 13.3 Å². The quantitative estimate of drug-likeness (QED) is 0.654. The maximum atomic E-state index is 11.4. The molecule has 0 saturated carbocycles. The van der Waals surface area contributed by atoms with E-state index in [1.165, 1.54) is 6.92 Å².